The fourth-order valence-corrected chi connectivity index (χ4v) is 1.57. The first-order chi connectivity index (χ1) is 7.25. The molecule has 1 aromatic heterocycles. The minimum Gasteiger partial charge on any atom is -0.448 e. The van der Waals surface area contributed by atoms with Crippen molar-refractivity contribution in [3.05, 3.63) is 17.8 Å². The molecule has 82 valence electrons. The van der Waals surface area contributed by atoms with Crippen molar-refractivity contribution < 1.29 is 13.9 Å². The number of ether oxygens (including phenoxy) is 1. The Morgan fingerprint density at radius 1 is 1.73 bits per heavy atom. The quantitative estimate of drug-likeness (QED) is 0.804. The standard InChI is InChI=1S/C10H14N2O3/c1-7-12-9(6-15-7)10(13)11-5-8-3-2-4-14-8/h6,8H,2-5H2,1H3,(H,11,13)/t8-/m1/s1. The van der Waals surface area contributed by atoms with Gasteiger partial charge < -0.3 is 14.5 Å². The van der Waals surface area contributed by atoms with Crippen molar-refractivity contribution >= 4 is 5.91 Å². The molecule has 0 aromatic carbocycles. The summed E-state index contributed by atoms with van der Waals surface area (Å²) in [4.78, 5) is 15.5. The third-order valence-electron chi connectivity index (χ3n) is 2.37. The van der Waals surface area contributed by atoms with Crippen LogP contribution in [-0.2, 0) is 4.74 Å². The number of rotatable bonds is 3. The number of hydrogen-bond acceptors (Lipinski definition) is 4. The van der Waals surface area contributed by atoms with Gasteiger partial charge in [-0.2, -0.15) is 0 Å². The SMILES string of the molecule is Cc1nc(C(=O)NC[C@H]2CCCO2)co1. The third kappa shape index (κ3) is 2.56. The number of oxazole rings is 1. The summed E-state index contributed by atoms with van der Waals surface area (Å²) in [5.41, 5.74) is 0.325. The lowest BCUT2D eigenvalue weighted by atomic mass is 10.2. The molecule has 1 fully saturated rings. The molecule has 0 spiro atoms. The lowest BCUT2D eigenvalue weighted by Crippen LogP contribution is -2.31. The molecule has 2 rings (SSSR count). The van der Waals surface area contributed by atoms with Crippen LogP contribution in [0.5, 0.6) is 0 Å². The van der Waals surface area contributed by atoms with Gasteiger partial charge >= 0.3 is 0 Å². The molecule has 5 heteroatoms. The monoisotopic (exact) mass is 210 g/mol. The summed E-state index contributed by atoms with van der Waals surface area (Å²) in [6, 6.07) is 0. The highest BCUT2D eigenvalue weighted by molar-refractivity contribution is 5.91. The first-order valence-electron chi connectivity index (χ1n) is 5.07. The van der Waals surface area contributed by atoms with Gasteiger partial charge in [-0.05, 0) is 12.8 Å². The number of carbonyl (C=O) groups is 1. The van der Waals surface area contributed by atoms with E-state index < -0.39 is 0 Å². The lowest BCUT2D eigenvalue weighted by Gasteiger charge is -2.09. The van der Waals surface area contributed by atoms with Gasteiger partial charge in [0.2, 0.25) is 0 Å². The van der Waals surface area contributed by atoms with Crippen LogP contribution in [0.15, 0.2) is 10.7 Å². The van der Waals surface area contributed by atoms with E-state index in [1.807, 2.05) is 0 Å². The number of aromatic nitrogens is 1. The van der Waals surface area contributed by atoms with Gasteiger partial charge in [0.1, 0.15) is 6.26 Å². The topological polar surface area (TPSA) is 64.4 Å². The molecule has 1 aromatic rings. The van der Waals surface area contributed by atoms with E-state index in [4.69, 9.17) is 9.15 Å². The summed E-state index contributed by atoms with van der Waals surface area (Å²) >= 11 is 0. The van der Waals surface area contributed by atoms with E-state index in [2.05, 4.69) is 10.3 Å². The van der Waals surface area contributed by atoms with E-state index >= 15 is 0 Å². The molecule has 0 aliphatic carbocycles. The Balaban J connectivity index is 1.81. The first-order valence-corrected chi connectivity index (χ1v) is 5.07. The fourth-order valence-electron chi connectivity index (χ4n) is 1.57. The Labute approximate surface area is 87.8 Å². The zero-order chi connectivity index (χ0) is 10.7. The third-order valence-corrected chi connectivity index (χ3v) is 2.37. The van der Waals surface area contributed by atoms with Crippen molar-refractivity contribution in [1.29, 1.82) is 0 Å². The van der Waals surface area contributed by atoms with Gasteiger partial charge in [-0.1, -0.05) is 0 Å². The molecule has 0 unspecified atom stereocenters. The van der Waals surface area contributed by atoms with Crippen molar-refractivity contribution in [3.63, 3.8) is 0 Å². The van der Waals surface area contributed by atoms with Crippen molar-refractivity contribution in [3.8, 4) is 0 Å². The van der Waals surface area contributed by atoms with Crippen LogP contribution in [0, 0.1) is 6.92 Å². The Morgan fingerprint density at radius 3 is 3.20 bits per heavy atom. The predicted molar refractivity (Wildman–Crippen MR) is 52.5 cm³/mol. The minimum absolute atomic E-state index is 0.155. The lowest BCUT2D eigenvalue weighted by molar-refractivity contribution is 0.0853. The van der Waals surface area contributed by atoms with Gasteiger partial charge in [0.15, 0.2) is 11.6 Å². The predicted octanol–water partition coefficient (Wildman–Crippen LogP) is 0.892. The number of aryl methyl sites for hydroxylation is 1. The molecule has 2 heterocycles. The zero-order valence-electron chi connectivity index (χ0n) is 8.66. The number of amides is 1. The molecule has 0 radical (unpaired) electrons. The smallest absolute Gasteiger partial charge is 0.273 e. The van der Waals surface area contributed by atoms with Crippen LogP contribution >= 0.6 is 0 Å². The molecule has 1 amide bonds. The largest absolute Gasteiger partial charge is 0.448 e. The second kappa shape index (κ2) is 4.44. The Hall–Kier alpha value is -1.36. The summed E-state index contributed by atoms with van der Waals surface area (Å²) in [6.45, 7) is 3.05. The van der Waals surface area contributed by atoms with Crippen LogP contribution in [0.2, 0.25) is 0 Å². The van der Waals surface area contributed by atoms with Crippen molar-refractivity contribution in [1.82, 2.24) is 10.3 Å². The molecule has 1 aliphatic rings. The van der Waals surface area contributed by atoms with Crippen LogP contribution in [0.3, 0.4) is 0 Å². The van der Waals surface area contributed by atoms with Crippen LogP contribution < -0.4 is 5.32 Å². The summed E-state index contributed by atoms with van der Waals surface area (Å²) in [5, 5.41) is 2.77. The van der Waals surface area contributed by atoms with Crippen LogP contribution in [0.25, 0.3) is 0 Å². The molecule has 1 N–H and O–H groups in total. The van der Waals surface area contributed by atoms with Crippen molar-refractivity contribution in [2.75, 3.05) is 13.2 Å². The number of nitrogens with one attached hydrogen (secondary N) is 1. The maximum atomic E-state index is 11.5. The maximum absolute atomic E-state index is 11.5. The van der Waals surface area contributed by atoms with E-state index in [1.165, 1.54) is 6.26 Å². The molecular weight excluding hydrogens is 196 g/mol. The van der Waals surface area contributed by atoms with Gasteiger partial charge in [0.25, 0.3) is 5.91 Å². The zero-order valence-corrected chi connectivity index (χ0v) is 8.66. The average Bonchev–Trinajstić information content (AvgIpc) is 2.84. The molecule has 1 atom stereocenters. The summed E-state index contributed by atoms with van der Waals surface area (Å²) < 4.78 is 10.3. The van der Waals surface area contributed by atoms with Crippen molar-refractivity contribution in [2.24, 2.45) is 0 Å². The van der Waals surface area contributed by atoms with Crippen LogP contribution in [-0.4, -0.2) is 30.1 Å². The van der Waals surface area contributed by atoms with E-state index in [1.54, 1.807) is 6.92 Å². The normalized spacial score (nSPS) is 20.5. The minimum atomic E-state index is -0.206. The second-order valence-corrected chi connectivity index (χ2v) is 3.60. The second-order valence-electron chi connectivity index (χ2n) is 3.60. The van der Waals surface area contributed by atoms with E-state index in [9.17, 15) is 4.79 Å². The van der Waals surface area contributed by atoms with E-state index in [0.29, 0.717) is 18.1 Å². The molecule has 1 aliphatic heterocycles. The van der Waals surface area contributed by atoms with Crippen LogP contribution in [0.1, 0.15) is 29.2 Å². The van der Waals surface area contributed by atoms with Crippen LogP contribution in [0.4, 0.5) is 0 Å². The molecular formula is C10H14N2O3. The van der Waals surface area contributed by atoms with Gasteiger partial charge in [-0.15, -0.1) is 0 Å². The van der Waals surface area contributed by atoms with E-state index in [-0.39, 0.29) is 12.0 Å². The summed E-state index contributed by atoms with van der Waals surface area (Å²) in [7, 11) is 0. The molecule has 0 saturated carbocycles. The number of nitrogens with zero attached hydrogens (tertiary/aromatic N) is 1. The van der Waals surface area contributed by atoms with E-state index in [0.717, 1.165) is 19.4 Å². The summed E-state index contributed by atoms with van der Waals surface area (Å²) in [6.07, 6.45) is 3.60. The molecule has 0 bridgehead atoms. The highest BCUT2D eigenvalue weighted by atomic mass is 16.5. The van der Waals surface area contributed by atoms with Gasteiger partial charge in [0, 0.05) is 20.1 Å². The Kier molecular flexibility index (Phi) is 3.01. The highest BCUT2D eigenvalue weighted by Crippen LogP contribution is 2.10. The first kappa shape index (κ1) is 10.2. The van der Waals surface area contributed by atoms with Gasteiger partial charge in [-0.3, -0.25) is 4.79 Å². The maximum Gasteiger partial charge on any atom is 0.273 e. The fraction of sp³-hybridized carbons (Fsp3) is 0.600. The number of hydrogen-bond donors (Lipinski definition) is 1. The van der Waals surface area contributed by atoms with Gasteiger partial charge in [0.05, 0.1) is 6.10 Å². The van der Waals surface area contributed by atoms with Crippen molar-refractivity contribution in [2.45, 2.75) is 25.9 Å². The highest BCUT2D eigenvalue weighted by Gasteiger charge is 2.17. The molecule has 15 heavy (non-hydrogen) atoms. The summed E-state index contributed by atoms with van der Waals surface area (Å²) in [5.74, 6) is 0.291. The Bertz CT molecular complexity index is 342. The average molecular weight is 210 g/mol. The molecule has 1 saturated heterocycles. The Morgan fingerprint density at radius 2 is 2.60 bits per heavy atom. The molecule has 5 nitrogen and oxygen atoms in total. The number of carbonyl (C=O) groups excluding carboxylic acids is 1. The van der Waals surface area contributed by atoms with Gasteiger partial charge in [-0.25, -0.2) is 4.98 Å².